The Labute approximate surface area is 101 Å². The van der Waals surface area contributed by atoms with Crippen LogP contribution >= 0.6 is 0 Å². The third-order valence-corrected chi connectivity index (χ3v) is 5.03. The maximum Gasteiger partial charge on any atom is 0.00699 e. The SMILES string of the molecule is CC(C)C1CCCC(NCC2CC2(C)C)C1. The van der Waals surface area contributed by atoms with E-state index in [1.165, 1.54) is 38.6 Å². The molecule has 16 heavy (non-hydrogen) atoms. The van der Waals surface area contributed by atoms with Gasteiger partial charge < -0.3 is 5.32 Å². The Morgan fingerprint density at radius 1 is 1.25 bits per heavy atom. The first-order chi connectivity index (χ1) is 7.49. The Morgan fingerprint density at radius 2 is 1.94 bits per heavy atom. The summed E-state index contributed by atoms with van der Waals surface area (Å²) in [6.45, 7) is 10.8. The lowest BCUT2D eigenvalue weighted by Gasteiger charge is -2.32. The first-order valence-electron chi connectivity index (χ1n) is 7.22. The van der Waals surface area contributed by atoms with Gasteiger partial charge in [0.1, 0.15) is 0 Å². The highest BCUT2D eigenvalue weighted by Gasteiger charge is 2.45. The van der Waals surface area contributed by atoms with E-state index in [9.17, 15) is 0 Å². The Morgan fingerprint density at radius 3 is 2.50 bits per heavy atom. The van der Waals surface area contributed by atoms with E-state index in [0.717, 1.165) is 23.8 Å². The summed E-state index contributed by atoms with van der Waals surface area (Å²) in [5.41, 5.74) is 0.638. The summed E-state index contributed by atoms with van der Waals surface area (Å²) in [6, 6.07) is 0.817. The van der Waals surface area contributed by atoms with E-state index in [-0.39, 0.29) is 0 Å². The molecular weight excluding hydrogens is 194 g/mol. The average Bonchev–Trinajstić information content (AvgIpc) is 2.84. The van der Waals surface area contributed by atoms with E-state index < -0.39 is 0 Å². The highest BCUT2D eigenvalue weighted by molar-refractivity contribution is 4.96. The zero-order valence-corrected chi connectivity index (χ0v) is 11.6. The fraction of sp³-hybridized carbons (Fsp3) is 1.00. The molecule has 0 spiro atoms. The monoisotopic (exact) mass is 223 g/mol. The van der Waals surface area contributed by atoms with Gasteiger partial charge in [-0.15, -0.1) is 0 Å². The van der Waals surface area contributed by atoms with E-state index in [4.69, 9.17) is 0 Å². The minimum absolute atomic E-state index is 0.638. The van der Waals surface area contributed by atoms with Crippen LogP contribution in [-0.2, 0) is 0 Å². The van der Waals surface area contributed by atoms with Crippen LogP contribution in [0.15, 0.2) is 0 Å². The van der Waals surface area contributed by atoms with Crippen LogP contribution in [0.3, 0.4) is 0 Å². The average molecular weight is 223 g/mol. The van der Waals surface area contributed by atoms with Gasteiger partial charge in [-0.1, -0.05) is 40.5 Å². The minimum Gasteiger partial charge on any atom is -0.314 e. The van der Waals surface area contributed by atoms with Gasteiger partial charge in [-0.3, -0.25) is 0 Å². The zero-order chi connectivity index (χ0) is 11.8. The summed E-state index contributed by atoms with van der Waals surface area (Å²) in [4.78, 5) is 0. The maximum absolute atomic E-state index is 3.82. The van der Waals surface area contributed by atoms with Crippen molar-refractivity contribution in [3.05, 3.63) is 0 Å². The second-order valence-electron chi connectivity index (χ2n) is 7.17. The van der Waals surface area contributed by atoms with Crippen LogP contribution in [-0.4, -0.2) is 12.6 Å². The molecule has 0 aliphatic heterocycles. The van der Waals surface area contributed by atoms with Crippen molar-refractivity contribution in [2.75, 3.05) is 6.54 Å². The first-order valence-corrected chi connectivity index (χ1v) is 7.22. The van der Waals surface area contributed by atoms with Crippen LogP contribution < -0.4 is 5.32 Å². The molecule has 0 aromatic carbocycles. The lowest BCUT2D eigenvalue weighted by atomic mass is 9.79. The molecule has 2 fully saturated rings. The van der Waals surface area contributed by atoms with Crippen molar-refractivity contribution in [1.29, 1.82) is 0 Å². The molecule has 0 aromatic heterocycles. The molecule has 2 aliphatic rings. The first kappa shape index (κ1) is 12.4. The predicted molar refractivity (Wildman–Crippen MR) is 70.5 cm³/mol. The summed E-state index contributed by atoms with van der Waals surface area (Å²) in [7, 11) is 0. The van der Waals surface area contributed by atoms with Gasteiger partial charge >= 0.3 is 0 Å². The molecule has 0 saturated heterocycles. The molecule has 2 rings (SSSR count). The number of hydrogen-bond acceptors (Lipinski definition) is 1. The van der Waals surface area contributed by atoms with E-state index in [0.29, 0.717) is 5.41 Å². The molecule has 0 amide bonds. The van der Waals surface area contributed by atoms with Crippen LogP contribution in [0, 0.1) is 23.2 Å². The molecule has 1 N–H and O–H groups in total. The summed E-state index contributed by atoms with van der Waals surface area (Å²) >= 11 is 0. The normalized spacial score (nSPS) is 37.7. The van der Waals surface area contributed by atoms with Crippen LogP contribution in [0.5, 0.6) is 0 Å². The molecule has 1 nitrogen and oxygen atoms in total. The lowest BCUT2D eigenvalue weighted by molar-refractivity contribution is 0.229. The van der Waals surface area contributed by atoms with Crippen LogP contribution in [0.2, 0.25) is 0 Å². The molecule has 3 unspecified atom stereocenters. The van der Waals surface area contributed by atoms with Crippen molar-refractivity contribution < 1.29 is 0 Å². The van der Waals surface area contributed by atoms with E-state index >= 15 is 0 Å². The molecular formula is C15H29N. The highest BCUT2D eigenvalue weighted by atomic mass is 14.9. The van der Waals surface area contributed by atoms with Crippen molar-refractivity contribution in [2.24, 2.45) is 23.2 Å². The van der Waals surface area contributed by atoms with Crippen LogP contribution in [0.1, 0.15) is 59.8 Å². The number of hydrogen-bond donors (Lipinski definition) is 1. The fourth-order valence-corrected chi connectivity index (χ4v) is 3.25. The molecule has 0 radical (unpaired) electrons. The molecule has 0 bridgehead atoms. The second kappa shape index (κ2) is 4.68. The molecule has 0 heterocycles. The zero-order valence-electron chi connectivity index (χ0n) is 11.6. The standard InChI is InChI=1S/C15H29N/c1-11(2)12-6-5-7-14(8-12)16-10-13-9-15(13,3)4/h11-14,16H,5-10H2,1-4H3. The third-order valence-electron chi connectivity index (χ3n) is 5.03. The van der Waals surface area contributed by atoms with E-state index in [2.05, 4.69) is 33.0 Å². The fourth-order valence-electron chi connectivity index (χ4n) is 3.25. The Hall–Kier alpha value is -0.0400. The van der Waals surface area contributed by atoms with Gasteiger partial charge in [0.15, 0.2) is 0 Å². The summed E-state index contributed by atoms with van der Waals surface area (Å²) < 4.78 is 0. The molecule has 2 aliphatic carbocycles. The lowest BCUT2D eigenvalue weighted by Crippen LogP contribution is -2.37. The van der Waals surface area contributed by atoms with E-state index in [1.54, 1.807) is 0 Å². The van der Waals surface area contributed by atoms with Crippen molar-refractivity contribution >= 4 is 0 Å². The van der Waals surface area contributed by atoms with Gasteiger partial charge in [0.05, 0.1) is 0 Å². The van der Waals surface area contributed by atoms with Gasteiger partial charge in [0.25, 0.3) is 0 Å². The molecule has 2 saturated carbocycles. The molecule has 3 atom stereocenters. The maximum atomic E-state index is 3.82. The predicted octanol–water partition coefficient (Wildman–Crippen LogP) is 3.84. The van der Waals surface area contributed by atoms with Crippen LogP contribution in [0.25, 0.3) is 0 Å². The largest absolute Gasteiger partial charge is 0.314 e. The molecule has 1 heteroatoms. The summed E-state index contributed by atoms with van der Waals surface area (Å²) in [5.74, 6) is 2.80. The Balaban J connectivity index is 1.70. The highest BCUT2D eigenvalue weighted by Crippen LogP contribution is 2.51. The van der Waals surface area contributed by atoms with Gasteiger partial charge in [0, 0.05) is 6.04 Å². The number of rotatable bonds is 4. The van der Waals surface area contributed by atoms with E-state index in [1.807, 2.05) is 0 Å². The Bertz CT molecular complexity index is 232. The van der Waals surface area contributed by atoms with Gasteiger partial charge in [-0.05, 0) is 49.0 Å². The van der Waals surface area contributed by atoms with Crippen molar-refractivity contribution in [3.63, 3.8) is 0 Å². The summed E-state index contributed by atoms with van der Waals surface area (Å²) in [5, 5.41) is 3.82. The number of nitrogens with one attached hydrogen (secondary N) is 1. The molecule has 94 valence electrons. The minimum atomic E-state index is 0.638. The van der Waals surface area contributed by atoms with Gasteiger partial charge in [-0.25, -0.2) is 0 Å². The van der Waals surface area contributed by atoms with Crippen molar-refractivity contribution in [1.82, 2.24) is 5.32 Å². The van der Waals surface area contributed by atoms with Crippen molar-refractivity contribution in [3.8, 4) is 0 Å². The smallest absolute Gasteiger partial charge is 0.00699 e. The molecule has 0 aromatic rings. The van der Waals surface area contributed by atoms with Crippen LogP contribution in [0.4, 0.5) is 0 Å². The summed E-state index contributed by atoms with van der Waals surface area (Å²) in [6.07, 6.45) is 7.17. The Kier molecular flexibility index (Phi) is 3.63. The van der Waals surface area contributed by atoms with Gasteiger partial charge in [-0.2, -0.15) is 0 Å². The van der Waals surface area contributed by atoms with Crippen molar-refractivity contribution in [2.45, 2.75) is 65.8 Å². The quantitative estimate of drug-likeness (QED) is 0.763. The van der Waals surface area contributed by atoms with Gasteiger partial charge in [0.2, 0.25) is 0 Å². The topological polar surface area (TPSA) is 12.0 Å². The second-order valence-corrected chi connectivity index (χ2v) is 7.17. The third kappa shape index (κ3) is 3.00.